The van der Waals surface area contributed by atoms with E-state index in [0.29, 0.717) is 56.0 Å². The van der Waals surface area contributed by atoms with Crippen molar-refractivity contribution in [3.8, 4) is 0 Å². The van der Waals surface area contributed by atoms with E-state index in [1.807, 2.05) is 45.0 Å². The first kappa shape index (κ1) is 20.4. The molecule has 0 bridgehead atoms. The van der Waals surface area contributed by atoms with Crippen LogP contribution in [0.3, 0.4) is 0 Å². The summed E-state index contributed by atoms with van der Waals surface area (Å²) < 4.78 is 5.40. The molecule has 1 aromatic rings. The van der Waals surface area contributed by atoms with E-state index in [4.69, 9.17) is 4.74 Å². The molecule has 3 rings (SSSR count). The number of ether oxygens (including phenoxy) is 1. The lowest BCUT2D eigenvalue weighted by Gasteiger charge is -2.33. The molecule has 0 spiro atoms. The van der Waals surface area contributed by atoms with Gasteiger partial charge >= 0.3 is 6.09 Å². The minimum absolute atomic E-state index is 0.0540. The fraction of sp³-hybridized carbons (Fsp3) is 0.591. The van der Waals surface area contributed by atoms with Crippen LogP contribution in [0.1, 0.15) is 74.7 Å². The van der Waals surface area contributed by atoms with E-state index in [9.17, 15) is 14.4 Å². The summed E-state index contributed by atoms with van der Waals surface area (Å²) in [7, 11) is 0. The van der Waals surface area contributed by atoms with Crippen molar-refractivity contribution in [3.63, 3.8) is 0 Å². The molecule has 6 heteroatoms. The second kappa shape index (κ2) is 8.33. The van der Waals surface area contributed by atoms with Gasteiger partial charge in [-0.2, -0.15) is 0 Å². The number of piperidine rings is 1. The van der Waals surface area contributed by atoms with E-state index in [1.54, 1.807) is 4.90 Å². The first-order valence-electron chi connectivity index (χ1n) is 10.1. The summed E-state index contributed by atoms with van der Waals surface area (Å²) in [5, 5.41) is 3.07. The first-order chi connectivity index (χ1) is 13.2. The normalized spacial score (nSPS) is 20.9. The molecule has 1 saturated carbocycles. The number of nitrogens with one attached hydrogen (secondary N) is 1. The maximum Gasteiger partial charge on any atom is 0.410 e. The molecule has 1 N–H and O–H groups in total. The number of hydrogen-bond donors (Lipinski definition) is 1. The van der Waals surface area contributed by atoms with Crippen LogP contribution in [0.15, 0.2) is 24.3 Å². The van der Waals surface area contributed by atoms with Crippen molar-refractivity contribution in [2.75, 3.05) is 13.1 Å². The maximum absolute atomic E-state index is 12.5. The quantitative estimate of drug-likeness (QED) is 0.860. The van der Waals surface area contributed by atoms with Gasteiger partial charge in [0.2, 0.25) is 0 Å². The number of likely N-dealkylation sites (tertiary alicyclic amines) is 1. The highest BCUT2D eigenvalue weighted by atomic mass is 16.6. The van der Waals surface area contributed by atoms with E-state index in [1.165, 1.54) is 0 Å². The standard InChI is InChI=1S/C22H30N2O4/c1-22(2,3)28-21(27)24-12-10-18(11-13-24)23-20(26)16-6-4-15(5-7-16)17-8-9-19(25)14-17/h4-7,17-18H,8-14H2,1-3H3,(H,23,26)/t17-/m1/s1. The molecular formula is C22H30N2O4. The van der Waals surface area contributed by atoms with Crippen LogP contribution in [-0.4, -0.2) is 47.4 Å². The largest absolute Gasteiger partial charge is 0.444 e. The Labute approximate surface area is 166 Å². The number of carbonyl (C=O) groups is 3. The highest BCUT2D eigenvalue weighted by Gasteiger charge is 2.28. The van der Waals surface area contributed by atoms with Crippen molar-refractivity contribution in [1.82, 2.24) is 10.2 Å². The Morgan fingerprint density at radius 2 is 1.71 bits per heavy atom. The SMILES string of the molecule is CC(C)(C)OC(=O)N1CCC(NC(=O)c2ccc([C@@H]3CCC(=O)C3)cc2)CC1. The van der Waals surface area contributed by atoms with E-state index in [0.717, 1.165) is 12.0 Å². The number of amides is 2. The molecule has 0 radical (unpaired) electrons. The number of hydrogen-bond acceptors (Lipinski definition) is 4. The molecule has 6 nitrogen and oxygen atoms in total. The van der Waals surface area contributed by atoms with Gasteiger partial charge in [-0.1, -0.05) is 12.1 Å². The van der Waals surface area contributed by atoms with Crippen molar-refractivity contribution >= 4 is 17.8 Å². The Balaban J connectivity index is 1.48. The minimum Gasteiger partial charge on any atom is -0.444 e. The molecule has 2 aliphatic rings. The lowest BCUT2D eigenvalue weighted by Crippen LogP contribution is -2.47. The fourth-order valence-corrected chi connectivity index (χ4v) is 3.81. The average Bonchev–Trinajstić information content (AvgIpc) is 3.07. The predicted octanol–water partition coefficient (Wildman–Crippen LogP) is 3.65. The Hall–Kier alpha value is -2.37. The van der Waals surface area contributed by atoms with Crippen LogP contribution in [0.4, 0.5) is 4.79 Å². The smallest absolute Gasteiger partial charge is 0.410 e. The summed E-state index contributed by atoms with van der Waals surface area (Å²) in [6.45, 7) is 6.72. The van der Waals surface area contributed by atoms with Gasteiger partial charge in [0, 0.05) is 37.5 Å². The zero-order valence-electron chi connectivity index (χ0n) is 17.0. The van der Waals surface area contributed by atoms with Crippen molar-refractivity contribution in [2.24, 2.45) is 0 Å². The molecule has 1 aliphatic heterocycles. The highest BCUT2D eigenvalue weighted by Crippen LogP contribution is 2.32. The summed E-state index contributed by atoms with van der Waals surface area (Å²) in [5.41, 5.74) is 1.26. The molecule has 1 aliphatic carbocycles. The molecule has 1 saturated heterocycles. The number of benzene rings is 1. The van der Waals surface area contributed by atoms with Crippen molar-refractivity contribution in [1.29, 1.82) is 0 Å². The van der Waals surface area contributed by atoms with Gasteiger partial charge < -0.3 is 15.0 Å². The summed E-state index contributed by atoms with van der Waals surface area (Å²) in [6, 6.07) is 7.65. The third-order valence-corrected chi connectivity index (χ3v) is 5.37. The maximum atomic E-state index is 12.5. The van der Waals surface area contributed by atoms with Gasteiger partial charge in [0.25, 0.3) is 5.91 Å². The number of nitrogens with zero attached hydrogens (tertiary/aromatic N) is 1. The Morgan fingerprint density at radius 1 is 1.07 bits per heavy atom. The molecular weight excluding hydrogens is 356 g/mol. The zero-order chi connectivity index (χ0) is 20.3. The van der Waals surface area contributed by atoms with Crippen LogP contribution in [-0.2, 0) is 9.53 Å². The van der Waals surface area contributed by atoms with Gasteiger partial charge in [0.05, 0.1) is 0 Å². The van der Waals surface area contributed by atoms with Crippen molar-refractivity contribution < 1.29 is 19.1 Å². The molecule has 152 valence electrons. The van der Waals surface area contributed by atoms with E-state index < -0.39 is 5.60 Å². The lowest BCUT2D eigenvalue weighted by molar-refractivity contribution is -0.117. The predicted molar refractivity (Wildman–Crippen MR) is 106 cm³/mol. The van der Waals surface area contributed by atoms with Crippen molar-refractivity contribution in [3.05, 3.63) is 35.4 Å². The van der Waals surface area contributed by atoms with E-state index >= 15 is 0 Å². The van der Waals surface area contributed by atoms with Gasteiger partial charge in [0.1, 0.15) is 11.4 Å². The van der Waals surface area contributed by atoms with Crippen LogP contribution in [0.2, 0.25) is 0 Å². The summed E-state index contributed by atoms with van der Waals surface area (Å²) in [4.78, 5) is 37.8. The number of rotatable bonds is 3. The summed E-state index contributed by atoms with van der Waals surface area (Å²) >= 11 is 0. The second-order valence-corrected chi connectivity index (χ2v) is 8.82. The number of carbonyl (C=O) groups excluding carboxylic acids is 3. The lowest BCUT2D eigenvalue weighted by atomic mass is 9.96. The van der Waals surface area contributed by atoms with Crippen LogP contribution in [0.25, 0.3) is 0 Å². The molecule has 28 heavy (non-hydrogen) atoms. The van der Waals surface area contributed by atoms with E-state index in [2.05, 4.69) is 5.32 Å². The minimum atomic E-state index is -0.500. The fourth-order valence-electron chi connectivity index (χ4n) is 3.81. The zero-order valence-corrected chi connectivity index (χ0v) is 17.0. The Bertz CT molecular complexity index is 728. The van der Waals surface area contributed by atoms with Gasteiger partial charge in [-0.15, -0.1) is 0 Å². The summed E-state index contributed by atoms with van der Waals surface area (Å²) in [6.07, 6.45) is 3.32. The van der Waals surface area contributed by atoms with Gasteiger partial charge in [-0.05, 0) is 63.6 Å². The molecule has 1 heterocycles. The third-order valence-electron chi connectivity index (χ3n) is 5.37. The molecule has 2 amide bonds. The number of Topliss-reactive ketones (excluding diaryl/α,β-unsaturated/α-hetero) is 1. The highest BCUT2D eigenvalue weighted by molar-refractivity contribution is 5.94. The Kier molecular flexibility index (Phi) is 6.06. The topological polar surface area (TPSA) is 75.7 Å². The van der Waals surface area contributed by atoms with Crippen LogP contribution < -0.4 is 5.32 Å². The van der Waals surface area contributed by atoms with Gasteiger partial charge in [-0.25, -0.2) is 4.79 Å². The van der Waals surface area contributed by atoms with Crippen molar-refractivity contribution in [2.45, 2.75) is 70.4 Å². The first-order valence-corrected chi connectivity index (χ1v) is 10.1. The average molecular weight is 386 g/mol. The van der Waals surface area contributed by atoms with Crippen LogP contribution >= 0.6 is 0 Å². The molecule has 2 fully saturated rings. The number of ketones is 1. The van der Waals surface area contributed by atoms with E-state index in [-0.39, 0.29) is 18.0 Å². The second-order valence-electron chi connectivity index (χ2n) is 8.82. The molecule has 1 aromatic carbocycles. The molecule has 0 unspecified atom stereocenters. The third kappa shape index (κ3) is 5.33. The van der Waals surface area contributed by atoms with Crippen LogP contribution in [0.5, 0.6) is 0 Å². The molecule has 1 atom stereocenters. The van der Waals surface area contributed by atoms with Gasteiger partial charge in [-0.3, -0.25) is 9.59 Å². The monoisotopic (exact) mass is 386 g/mol. The van der Waals surface area contributed by atoms with Crippen LogP contribution in [0, 0.1) is 0 Å². The Morgan fingerprint density at radius 3 is 2.25 bits per heavy atom. The van der Waals surface area contributed by atoms with Gasteiger partial charge in [0.15, 0.2) is 0 Å². The summed E-state index contributed by atoms with van der Waals surface area (Å²) in [5.74, 6) is 0.524. The molecule has 0 aromatic heterocycles.